The molecule has 1 saturated heterocycles. The lowest BCUT2D eigenvalue weighted by atomic mass is 9.73. The zero-order chi connectivity index (χ0) is 20.4. The van der Waals surface area contributed by atoms with Crippen molar-refractivity contribution in [1.82, 2.24) is 4.31 Å². The predicted octanol–water partition coefficient (Wildman–Crippen LogP) is 5.17. The number of fused-ring (bicyclic) bond motifs is 1. The first kappa shape index (κ1) is 20.3. The molecule has 1 aliphatic heterocycles. The van der Waals surface area contributed by atoms with Gasteiger partial charge in [0.15, 0.2) is 0 Å². The van der Waals surface area contributed by atoms with Crippen molar-refractivity contribution in [3.63, 3.8) is 0 Å². The maximum absolute atomic E-state index is 13.8. The van der Waals surface area contributed by atoms with Gasteiger partial charge in [0.1, 0.15) is 0 Å². The average molecular weight is 388 g/mol. The Balaban J connectivity index is 2.12. The molecule has 3 atom stereocenters. The Hall–Kier alpha value is -1.39. The number of hydrogen-bond acceptors (Lipinski definition) is 2. The van der Waals surface area contributed by atoms with Crippen LogP contribution in [0.25, 0.3) is 0 Å². The van der Waals surface area contributed by atoms with Crippen molar-refractivity contribution in [1.29, 1.82) is 0 Å². The molecule has 0 amide bonds. The quantitative estimate of drug-likeness (QED) is 0.654. The van der Waals surface area contributed by atoms with Crippen molar-refractivity contribution in [2.45, 2.75) is 65.3 Å². The summed E-state index contributed by atoms with van der Waals surface area (Å²) in [5, 5.41) is 0. The van der Waals surface area contributed by atoms with Crippen molar-refractivity contribution in [2.24, 2.45) is 16.7 Å². The van der Waals surface area contributed by atoms with Crippen molar-refractivity contribution in [3.05, 3.63) is 53.6 Å². The average Bonchev–Trinajstić information content (AvgIpc) is 3.09. The fraction of sp³-hybridized carbons (Fsp3) is 0.565. The topological polar surface area (TPSA) is 37.4 Å². The maximum Gasteiger partial charge on any atom is 0.243 e. The van der Waals surface area contributed by atoms with Gasteiger partial charge in [-0.25, -0.2) is 8.42 Å². The van der Waals surface area contributed by atoms with Crippen LogP contribution in [0.15, 0.2) is 41.8 Å². The highest BCUT2D eigenvalue weighted by Gasteiger charge is 2.71. The van der Waals surface area contributed by atoms with Crippen LogP contribution in [-0.4, -0.2) is 25.3 Å². The van der Waals surface area contributed by atoms with Gasteiger partial charge in [-0.05, 0) is 56.1 Å². The summed E-state index contributed by atoms with van der Waals surface area (Å²) in [6, 6.07) is 3.86. The van der Waals surface area contributed by atoms with Crippen LogP contribution in [0.3, 0.4) is 0 Å². The standard InChI is InChI=1S/C23H33NO2S/c1-9-10-18(5)23-13-19(23)14-24(21(23)22(6,7)8)27(25,26)20-16(3)11-15(2)12-17(20)4/h9,11-12,19,21H,1,5,10,13-14H2,2-4,6-8H3/t19-,21-,23+/m0/s1. The number of sulfonamides is 1. The van der Waals surface area contributed by atoms with E-state index in [-0.39, 0.29) is 16.9 Å². The second-order valence-corrected chi connectivity index (χ2v) is 11.4. The minimum absolute atomic E-state index is 0.0763. The summed E-state index contributed by atoms with van der Waals surface area (Å²) in [6.45, 7) is 21.1. The number of benzene rings is 1. The molecule has 2 aliphatic rings. The van der Waals surface area contributed by atoms with Gasteiger partial charge in [-0.2, -0.15) is 4.31 Å². The van der Waals surface area contributed by atoms with Gasteiger partial charge in [-0.3, -0.25) is 0 Å². The summed E-state index contributed by atoms with van der Waals surface area (Å²) in [5.74, 6) is 0.370. The van der Waals surface area contributed by atoms with Gasteiger partial charge in [0.25, 0.3) is 0 Å². The number of aryl methyl sites for hydroxylation is 3. The Kier molecular flexibility index (Phi) is 4.76. The largest absolute Gasteiger partial charge is 0.243 e. The summed E-state index contributed by atoms with van der Waals surface area (Å²) >= 11 is 0. The molecule has 27 heavy (non-hydrogen) atoms. The first-order chi connectivity index (χ1) is 12.4. The van der Waals surface area contributed by atoms with E-state index in [1.165, 1.54) is 0 Å². The first-order valence-corrected chi connectivity index (χ1v) is 11.2. The molecule has 1 saturated carbocycles. The Morgan fingerprint density at radius 1 is 1.26 bits per heavy atom. The lowest BCUT2D eigenvalue weighted by Crippen LogP contribution is -2.49. The van der Waals surface area contributed by atoms with Gasteiger partial charge in [0, 0.05) is 18.0 Å². The van der Waals surface area contributed by atoms with E-state index in [9.17, 15) is 8.42 Å². The second kappa shape index (κ2) is 6.31. The van der Waals surface area contributed by atoms with Gasteiger partial charge in [-0.15, -0.1) is 6.58 Å². The lowest BCUT2D eigenvalue weighted by molar-refractivity contribution is 0.155. The van der Waals surface area contributed by atoms with Crippen LogP contribution in [0, 0.1) is 37.5 Å². The Bertz CT molecular complexity index is 884. The molecule has 3 rings (SSSR count). The van der Waals surface area contributed by atoms with E-state index in [4.69, 9.17) is 0 Å². The molecule has 0 aromatic heterocycles. The lowest BCUT2D eigenvalue weighted by Gasteiger charge is -2.41. The SMILES string of the molecule is C=CCC(=C)[C@]12C[C@H]1CN(S(=O)(=O)c1c(C)cc(C)cc1C)[C@H]2C(C)(C)C. The predicted molar refractivity (Wildman–Crippen MR) is 112 cm³/mol. The normalized spacial score (nSPS) is 28.1. The molecule has 2 fully saturated rings. The number of nitrogens with zero attached hydrogens (tertiary/aromatic N) is 1. The van der Waals surface area contributed by atoms with Gasteiger partial charge in [0.05, 0.1) is 4.90 Å². The molecular formula is C23H33NO2S. The van der Waals surface area contributed by atoms with Crippen LogP contribution < -0.4 is 0 Å². The molecule has 1 aromatic carbocycles. The Labute approximate surface area is 165 Å². The molecule has 0 radical (unpaired) electrons. The zero-order valence-corrected chi connectivity index (χ0v) is 18.4. The summed E-state index contributed by atoms with van der Waals surface area (Å²) in [4.78, 5) is 0.480. The third-order valence-corrected chi connectivity index (χ3v) is 8.51. The molecule has 148 valence electrons. The highest BCUT2D eigenvalue weighted by Crippen LogP contribution is 2.69. The van der Waals surface area contributed by atoms with Crippen LogP contribution in [0.1, 0.15) is 50.3 Å². The minimum atomic E-state index is -3.57. The molecule has 0 unspecified atom stereocenters. The summed E-state index contributed by atoms with van der Waals surface area (Å²) in [7, 11) is -3.57. The maximum atomic E-state index is 13.8. The number of allylic oxidation sites excluding steroid dienone is 1. The smallest absolute Gasteiger partial charge is 0.207 e. The summed E-state index contributed by atoms with van der Waals surface area (Å²) < 4.78 is 29.4. The van der Waals surface area contributed by atoms with Crippen LogP contribution in [0.2, 0.25) is 0 Å². The van der Waals surface area contributed by atoms with E-state index in [1.54, 1.807) is 4.31 Å². The van der Waals surface area contributed by atoms with Gasteiger partial charge in [0.2, 0.25) is 10.0 Å². The molecular weight excluding hydrogens is 354 g/mol. The van der Waals surface area contributed by atoms with E-state index in [2.05, 4.69) is 33.9 Å². The summed E-state index contributed by atoms with van der Waals surface area (Å²) in [6.07, 6.45) is 3.68. The summed E-state index contributed by atoms with van der Waals surface area (Å²) in [5.41, 5.74) is 3.62. The Morgan fingerprint density at radius 3 is 2.30 bits per heavy atom. The molecule has 0 spiro atoms. The highest BCUT2D eigenvalue weighted by atomic mass is 32.2. The van der Waals surface area contributed by atoms with Crippen LogP contribution in [-0.2, 0) is 10.0 Å². The molecule has 1 aliphatic carbocycles. The monoisotopic (exact) mass is 387 g/mol. The van der Waals surface area contributed by atoms with Crippen molar-refractivity contribution in [2.75, 3.05) is 6.54 Å². The second-order valence-electron chi connectivity index (χ2n) is 9.61. The van der Waals surface area contributed by atoms with Gasteiger partial charge >= 0.3 is 0 Å². The van der Waals surface area contributed by atoms with Crippen LogP contribution in [0.4, 0.5) is 0 Å². The molecule has 0 bridgehead atoms. The third-order valence-electron chi connectivity index (χ3n) is 6.37. The molecule has 3 nitrogen and oxygen atoms in total. The van der Waals surface area contributed by atoms with Crippen molar-refractivity contribution >= 4 is 10.0 Å². The third kappa shape index (κ3) is 3.01. The van der Waals surface area contributed by atoms with Gasteiger partial charge < -0.3 is 0 Å². The van der Waals surface area contributed by atoms with E-state index in [1.807, 2.05) is 39.0 Å². The molecule has 1 aromatic rings. The molecule has 4 heteroatoms. The Morgan fingerprint density at radius 2 is 1.81 bits per heavy atom. The van der Waals surface area contributed by atoms with Crippen LogP contribution in [0.5, 0.6) is 0 Å². The zero-order valence-electron chi connectivity index (χ0n) is 17.6. The van der Waals surface area contributed by atoms with Gasteiger partial charge in [-0.1, -0.05) is 56.7 Å². The van der Waals surface area contributed by atoms with E-state index >= 15 is 0 Å². The first-order valence-electron chi connectivity index (χ1n) is 9.76. The fourth-order valence-electron chi connectivity index (χ4n) is 5.61. The number of hydrogen-bond donors (Lipinski definition) is 0. The number of piperidine rings is 1. The van der Waals surface area contributed by atoms with Crippen molar-refractivity contribution in [3.8, 4) is 0 Å². The van der Waals surface area contributed by atoms with E-state index in [0.29, 0.717) is 17.4 Å². The molecule has 0 N–H and O–H groups in total. The van der Waals surface area contributed by atoms with Crippen LogP contribution >= 0.6 is 0 Å². The van der Waals surface area contributed by atoms with Crippen molar-refractivity contribution < 1.29 is 8.42 Å². The van der Waals surface area contributed by atoms with E-state index < -0.39 is 10.0 Å². The highest BCUT2D eigenvalue weighted by molar-refractivity contribution is 7.89. The molecule has 1 heterocycles. The number of rotatable bonds is 5. The minimum Gasteiger partial charge on any atom is -0.207 e. The van der Waals surface area contributed by atoms with E-state index in [0.717, 1.165) is 35.1 Å². The fourth-order valence-corrected chi connectivity index (χ4v) is 7.94.